The Hall–Kier alpha value is -1.59. The second-order valence-electron chi connectivity index (χ2n) is 6.16. The van der Waals surface area contributed by atoms with E-state index in [1.807, 2.05) is 4.90 Å². The lowest BCUT2D eigenvalue weighted by molar-refractivity contribution is -0.142. The first-order valence-corrected chi connectivity index (χ1v) is 7.81. The Balaban J connectivity index is 1.81. The zero-order valence-corrected chi connectivity index (χ0v) is 12.5. The van der Waals surface area contributed by atoms with Gasteiger partial charge < -0.3 is 15.3 Å². The molecule has 6 heteroatoms. The molecule has 1 saturated carbocycles. The molecule has 21 heavy (non-hydrogen) atoms. The van der Waals surface area contributed by atoms with Crippen LogP contribution in [0.5, 0.6) is 0 Å². The van der Waals surface area contributed by atoms with Crippen LogP contribution in [-0.2, 0) is 14.4 Å². The fraction of sp³-hybridized carbons (Fsp3) is 0.800. The highest BCUT2D eigenvalue weighted by Crippen LogP contribution is 2.31. The van der Waals surface area contributed by atoms with Gasteiger partial charge in [-0.3, -0.25) is 14.4 Å². The lowest BCUT2D eigenvalue weighted by Gasteiger charge is -2.29. The van der Waals surface area contributed by atoms with Gasteiger partial charge in [0.1, 0.15) is 6.04 Å². The zero-order valence-electron chi connectivity index (χ0n) is 12.5. The molecule has 0 bridgehead atoms. The highest BCUT2D eigenvalue weighted by atomic mass is 16.4. The van der Waals surface area contributed by atoms with E-state index in [0.717, 1.165) is 32.4 Å². The summed E-state index contributed by atoms with van der Waals surface area (Å²) in [4.78, 5) is 37.1. The van der Waals surface area contributed by atoms with Crippen molar-refractivity contribution in [2.75, 3.05) is 13.1 Å². The number of carbonyl (C=O) groups excluding carboxylic acids is 2. The summed E-state index contributed by atoms with van der Waals surface area (Å²) in [5, 5.41) is 11.7. The number of piperidine rings is 1. The summed E-state index contributed by atoms with van der Waals surface area (Å²) < 4.78 is 0. The van der Waals surface area contributed by atoms with Crippen LogP contribution in [0.3, 0.4) is 0 Å². The first kappa shape index (κ1) is 15.8. The van der Waals surface area contributed by atoms with Crippen molar-refractivity contribution in [1.82, 2.24) is 10.2 Å². The van der Waals surface area contributed by atoms with E-state index < -0.39 is 17.9 Å². The van der Waals surface area contributed by atoms with Gasteiger partial charge in [0, 0.05) is 19.0 Å². The third-order valence-electron chi connectivity index (χ3n) is 4.55. The van der Waals surface area contributed by atoms with E-state index >= 15 is 0 Å². The standard InChI is InChI=1S/C15H24N2O4/c1-10(14(19)17-7-3-2-4-8-17)16-13(18)11-5-6-12(9-11)15(20)21/h10-12H,2-9H2,1H3,(H,16,18)(H,20,21)/t10?,11-,12+/m1/s1. The largest absolute Gasteiger partial charge is 0.481 e. The SMILES string of the molecule is CC(NC(=O)[C@@H]1CC[C@H](C(=O)O)C1)C(=O)N1CCCCC1. The van der Waals surface area contributed by atoms with Gasteiger partial charge in [-0.2, -0.15) is 0 Å². The molecule has 0 aromatic carbocycles. The quantitative estimate of drug-likeness (QED) is 0.810. The van der Waals surface area contributed by atoms with Gasteiger partial charge in [-0.15, -0.1) is 0 Å². The minimum Gasteiger partial charge on any atom is -0.481 e. The van der Waals surface area contributed by atoms with Crippen LogP contribution in [0.2, 0.25) is 0 Å². The summed E-state index contributed by atoms with van der Waals surface area (Å²) in [6, 6.07) is -0.528. The van der Waals surface area contributed by atoms with Crippen molar-refractivity contribution in [1.29, 1.82) is 0 Å². The molecule has 0 radical (unpaired) electrons. The lowest BCUT2D eigenvalue weighted by Crippen LogP contribution is -2.49. The van der Waals surface area contributed by atoms with E-state index in [4.69, 9.17) is 5.11 Å². The van der Waals surface area contributed by atoms with Crippen molar-refractivity contribution < 1.29 is 19.5 Å². The van der Waals surface area contributed by atoms with Gasteiger partial charge in [0.2, 0.25) is 11.8 Å². The first-order chi connectivity index (χ1) is 9.99. The van der Waals surface area contributed by atoms with Crippen LogP contribution in [0, 0.1) is 11.8 Å². The van der Waals surface area contributed by atoms with Crippen molar-refractivity contribution in [3.05, 3.63) is 0 Å². The molecule has 1 aliphatic carbocycles. The molecule has 1 saturated heterocycles. The lowest BCUT2D eigenvalue weighted by atomic mass is 10.0. The molecule has 2 aliphatic rings. The molecule has 3 atom stereocenters. The van der Waals surface area contributed by atoms with Crippen LogP contribution in [0.4, 0.5) is 0 Å². The predicted molar refractivity (Wildman–Crippen MR) is 76.5 cm³/mol. The number of carboxylic acid groups (broad SMARTS) is 1. The molecule has 0 aromatic heterocycles. The van der Waals surface area contributed by atoms with Crippen LogP contribution in [-0.4, -0.2) is 46.9 Å². The number of aliphatic carboxylic acids is 1. The minimum atomic E-state index is -0.831. The molecule has 2 N–H and O–H groups in total. The van der Waals surface area contributed by atoms with Gasteiger partial charge in [-0.05, 0) is 45.4 Å². The number of hydrogen-bond donors (Lipinski definition) is 2. The zero-order chi connectivity index (χ0) is 15.4. The Labute approximate surface area is 124 Å². The Bertz CT molecular complexity index is 418. The fourth-order valence-corrected chi connectivity index (χ4v) is 3.23. The monoisotopic (exact) mass is 296 g/mol. The highest BCUT2D eigenvalue weighted by Gasteiger charge is 2.35. The molecule has 0 aromatic rings. The molecule has 2 amide bonds. The average Bonchev–Trinajstić information content (AvgIpc) is 2.97. The van der Waals surface area contributed by atoms with E-state index in [1.54, 1.807) is 6.92 Å². The molecule has 118 valence electrons. The Morgan fingerprint density at radius 2 is 1.71 bits per heavy atom. The molecule has 1 unspecified atom stereocenters. The van der Waals surface area contributed by atoms with Gasteiger partial charge in [-0.25, -0.2) is 0 Å². The van der Waals surface area contributed by atoms with E-state index in [9.17, 15) is 14.4 Å². The number of rotatable bonds is 4. The van der Waals surface area contributed by atoms with Crippen LogP contribution in [0.25, 0.3) is 0 Å². The Morgan fingerprint density at radius 3 is 2.29 bits per heavy atom. The van der Waals surface area contributed by atoms with Gasteiger partial charge in [0.25, 0.3) is 0 Å². The summed E-state index contributed by atoms with van der Waals surface area (Å²) >= 11 is 0. The van der Waals surface area contributed by atoms with Crippen molar-refractivity contribution >= 4 is 17.8 Å². The molecule has 1 aliphatic heterocycles. The summed E-state index contributed by atoms with van der Waals surface area (Å²) in [6.07, 6.45) is 4.72. The summed E-state index contributed by atoms with van der Waals surface area (Å²) in [5.41, 5.74) is 0. The van der Waals surface area contributed by atoms with E-state index in [2.05, 4.69) is 5.32 Å². The summed E-state index contributed by atoms with van der Waals surface area (Å²) in [7, 11) is 0. The highest BCUT2D eigenvalue weighted by molar-refractivity contribution is 5.88. The number of carboxylic acids is 1. The van der Waals surface area contributed by atoms with Crippen molar-refractivity contribution in [2.45, 2.75) is 51.5 Å². The summed E-state index contributed by atoms with van der Waals surface area (Å²) in [5.74, 6) is -1.74. The van der Waals surface area contributed by atoms with Gasteiger partial charge >= 0.3 is 5.97 Å². The number of nitrogens with zero attached hydrogens (tertiary/aromatic N) is 1. The topological polar surface area (TPSA) is 86.7 Å². The van der Waals surface area contributed by atoms with Crippen molar-refractivity contribution in [3.8, 4) is 0 Å². The third-order valence-corrected chi connectivity index (χ3v) is 4.55. The third kappa shape index (κ3) is 3.95. The predicted octanol–water partition coefficient (Wildman–Crippen LogP) is 1.00. The van der Waals surface area contributed by atoms with Crippen LogP contribution in [0.15, 0.2) is 0 Å². The smallest absolute Gasteiger partial charge is 0.306 e. The summed E-state index contributed by atoms with van der Waals surface area (Å²) in [6.45, 7) is 3.24. The maximum Gasteiger partial charge on any atom is 0.306 e. The number of likely N-dealkylation sites (tertiary alicyclic amines) is 1. The number of nitrogens with one attached hydrogen (secondary N) is 1. The maximum atomic E-state index is 12.2. The number of amides is 2. The average molecular weight is 296 g/mol. The number of hydrogen-bond acceptors (Lipinski definition) is 3. The van der Waals surface area contributed by atoms with Crippen molar-refractivity contribution in [3.63, 3.8) is 0 Å². The molecule has 2 rings (SSSR count). The molecular weight excluding hydrogens is 272 g/mol. The van der Waals surface area contributed by atoms with Crippen LogP contribution < -0.4 is 5.32 Å². The van der Waals surface area contributed by atoms with E-state index in [1.165, 1.54) is 0 Å². The minimum absolute atomic E-state index is 0.0316. The second kappa shape index (κ2) is 6.91. The first-order valence-electron chi connectivity index (χ1n) is 7.81. The van der Waals surface area contributed by atoms with Gasteiger partial charge in [0.15, 0.2) is 0 Å². The Morgan fingerprint density at radius 1 is 1.10 bits per heavy atom. The molecule has 2 fully saturated rings. The Kier molecular flexibility index (Phi) is 5.20. The van der Waals surface area contributed by atoms with Crippen molar-refractivity contribution in [2.24, 2.45) is 11.8 Å². The van der Waals surface area contributed by atoms with E-state index in [0.29, 0.717) is 19.3 Å². The van der Waals surface area contributed by atoms with E-state index in [-0.39, 0.29) is 17.7 Å². The fourth-order valence-electron chi connectivity index (χ4n) is 3.23. The van der Waals surface area contributed by atoms with Gasteiger partial charge in [-0.1, -0.05) is 0 Å². The molecule has 6 nitrogen and oxygen atoms in total. The molecular formula is C15H24N2O4. The molecule has 0 spiro atoms. The molecule has 1 heterocycles. The van der Waals surface area contributed by atoms with Gasteiger partial charge in [0.05, 0.1) is 5.92 Å². The van der Waals surface area contributed by atoms with Crippen LogP contribution in [0.1, 0.15) is 45.4 Å². The normalized spacial score (nSPS) is 27.2. The second-order valence-corrected chi connectivity index (χ2v) is 6.16. The maximum absolute atomic E-state index is 12.2. The van der Waals surface area contributed by atoms with Crippen LogP contribution >= 0.6 is 0 Å². The number of carbonyl (C=O) groups is 3.